The smallest absolute Gasteiger partial charge is 0.0614 e. The Labute approximate surface area is 326 Å². The maximum atomic E-state index is 2.73. The topological polar surface area (TPSA) is 14.8 Å². The number of halogens is 3. The van der Waals surface area contributed by atoms with Gasteiger partial charge in [-0.2, -0.15) is 0 Å². The summed E-state index contributed by atoms with van der Waals surface area (Å²) in [6.07, 6.45) is 15.5. The van der Waals surface area contributed by atoms with Gasteiger partial charge >= 0.3 is 0 Å². The number of nitrogens with zero attached hydrogens (tertiary/aromatic N) is 3. The molecule has 0 aliphatic heterocycles. The summed E-state index contributed by atoms with van der Waals surface area (Å²) in [4.78, 5) is 0. The van der Waals surface area contributed by atoms with Crippen LogP contribution in [-0.2, 0) is 19.6 Å². The number of aryl methyl sites for hydroxylation is 3. The monoisotopic (exact) mass is 975 g/mol. The molecule has 0 spiro atoms. The molecule has 3 nitrogen and oxygen atoms in total. The van der Waals surface area contributed by atoms with Crippen LogP contribution in [0.4, 0.5) is 0 Å². The second kappa shape index (κ2) is 16.7. The normalized spacial score (nSPS) is 12.3. The highest BCUT2D eigenvalue weighted by Gasteiger charge is 2.27. The number of rotatable bonds is 18. The zero-order chi connectivity index (χ0) is 32.9. The van der Waals surface area contributed by atoms with E-state index in [0.717, 1.165) is 19.6 Å². The molecule has 0 saturated heterocycles. The Kier molecular flexibility index (Phi) is 12.1. The van der Waals surface area contributed by atoms with Crippen LogP contribution in [0.25, 0.3) is 65.4 Å². The molecule has 6 heteroatoms. The van der Waals surface area contributed by atoms with Gasteiger partial charge in [0.15, 0.2) is 0 Å². The molecule has 7 aromatic rings. The molecular weight excluding hydrogens is 927 g/mol. The summed E-state index contributed by atoms with van der Waals surface area (Å²) in [6.45, 7) is 3.20. The average Bonchev–Trinajstić information content (AvgIpc) is 3.74. The number of hydrogen-bond acceptors (Lipinski definition) is 0. The van der Waals surface area contributed by atoms with Crippen molar-refractivity contribution in [1.82, 2.24) is 13.7 Å². The Morgan fingerprint density at radius 3 is 0.896 bits per heavy atom. The lowest BCUT2D eigenvalue weighted by Crippen LogP contribution is -2.02. The van der Waals surface area contributed by atoms with Crippen LogP contribution in [0.5, 0.6) is 0 Å². The van der Waals surface area contributed by atoms with E-state index in [-0.39, 0.29) is 0 Å². The van der Waals surface area contributed by atoms with Gasteiger partial charge in [-0.1, -0.05) is 161 Å². The molecule has 0 bridgehead atoms. The van der Waals surface area contributed by atoms with Crippen molar-refractivity contribution in [3.8, 4) is 0 Å². The van der Waals surface area contributed by atoms with E-state index < -0.39 is 0 Å². The summed E-state index contributed by atoms with van der Waals surface area (Å²) in [6, 6.07) is 27.9. The minimum atomic E-state index is 1.07. The lowest BCUT2D eigenvalue weighted by Gasteiger charge is -2.13. The first-order valence-corrected chi connectivity index (χ1v) is 22.9. The summed E-state index contributed by atoms with van der Waals surface area (Å²) in [7, 11) is 0. The minimum absolute atomic E-state index is 1.07. The van der Waals surface area contributed by atoms with Gasteiger partial charge in [0, 0.05) is 68.5 Å². The van der Waals surface area contributed by atoms with Gasteiger partial charge in [-0.25, -0.2) is 0 Å². The summed E-state index contributed by atoms with van der Waals surface area (Å²) in [5.74, 6) is 0. The van der Waals surface area contributed by atoms with Crippen molar-refractivity contribution in [3.05, 3.63) is 72.8 Å². The average molecular weight is 976 g/mol. The molecule has 0 aliphatic carbocycles. The van der Waals surface area contributed by atoms with Crippen LogP contribution in [0.1, 0.15) is 77.0 Å². The fraction of sp³-hybridized carbons (Fsp3) is 0.429. The van der Waals surface area contributed by atoms with E-state index in [2.05, 4.69) is 154 Å². The first kappa shape index (κ1) is 34.9. The summed E-state index contributed by atoms with van der Waals surface area (Å²) in [5, 5.41) is 8.64. The van der Waals surface area contributed by atoms with Gasteiger partial charge in [0.25, 0.3) is 0 Å². The van der Waals surface area contributed by atoms with Crippen LogP contribution >= 0.6 is 67.8 Å². The van der Waals surface area contributed by atoms with Crippen molar-refractivity contribution in [3.63, 3.8) is 0 Å². The van der Waals surface area contributed by atoms with Gasteiger partial charge in [-0.3, -0.25) is 0 Å². The van der Waals surface area contributed by atoms with Crippen molar-refractivity contribution >= 4 is 133 Å². The van der Waals surface area contributed by atoms with E-state index in [1.807, 2.05) is 0 Å². The number of benzene rings is 4. The Balaban J connectivity index is 1.57. The van der Waals surface area contributed by atoms with E-state index in [0.29, 0.717) is 0 Å². The van der Waals surface area contributed by atoms with Crippen LogP contribution in [0.15, 0.2) is 72.8 Å². The van der Waals surface area contributed by atoms with Crippen LogP contribution < -0.4 is 0 Å². The van der Waals surface area contributed by atoms with Crippen LogP contribution in [-0.4, -0.2) is 27.0 Å². The maximum absolute atomic E-state index is 2.73. The fourth-order valence-electron chi connectivity index (χ4n) is 8.26. The molecule has 4 aromatic carbocycles. The molecule has 3 heterocycles. The Morgan fingerprint density at radius 1 is 0.333 bits per heavy atom. The molecule has 0 aliphatic rings. The Morgan fingerprint density at radius 2 is 0.604 bits per heavy atom. The molecule has 252 valence electrons. The molecule has 0 atom stereocenters. The predicted octanol–water partition coefficient (Wildman–Crippen LogP) is 14.0. The molecule has 48 heavy (non-hydrogen) atoms. The second-order valence-corrected chi connectivity index (χ2v) is 16.7. The highest BCUT2D eigenvalue weighted by atomic mass is 127. The van der Waals surface area contributed by atoms with E-state index in [1.54, 1.807) is 0 Å². The predicted molar refractivity (Wildman–Crippen MR) is 238 cm³/mol. The number of alkyl halides is 3. The van der Waals surface area contributed by atoms with Gasteiger partial charge in [0.2, 0.25) is 0 Å². The zero-order valence-electron chi connectivity index (χ0n) is 28.1. The number of unbranched alkanes of at least 4 members (excludes halogenated alkanes) is 9. The summed E-state index contributed by atoms with van der Waals surface area (Å²) >= 11 is 7.59. The summed E-state index contributed by atoms with van der Waals surface area (Å²) < 4.78 is 12.0. The van der Waals surface area contributed by atoms with Crippen molar-refractivity contribution in [1.29, 1.82) is 0 Å². The van der Waals surface area contributed by atoms with Gasteiger partial charge in [-0.05, 0) is 70.0 Å². The molecule has 3 aromatic heterocycles. The Hall–Kier alpha value is -1.53. The van der Waals surface area contributed by atoms with Crippen molar-refractivity contribution < 1.29 is 0 Å². The number of para-hydroxylation sites is 3. The van der Waals surface area contributed by atoms with E-state index >= 15 is 0 Å². The lowest BCUT2D eigenvalue weighted by atomic mass is 10.0. The highest BCUT2D eigenvalue weighted by molar-refractivity contribution is 14.1. The molecule has 7 rings (SSSR count). The van der Waals surface area contributed by atoms with Gasteiger partial charge in [-0.15, -0.1) is 0 Å². The SMILES string of the molecule is ICCCCCCn1c2ccccc2c2c1c1c3ccccc3n(CCCCCCI)c1c1c3ccccc3n(CCCCCCI)c21. The van der Waals surface area contributed by atoms with Crippen LogP contribution in [0.3, 0.4) is 0 Å². The van der Waals surface area contributed by atoms with Gasteiger partial charge in [0.05, 0.1) is 16.6 Å². The standard InChI is InChI=1S/C42H48I3N3/c43-25-13-1-4-16-28-46-34-22-10-7-19-31(34)37-40(46)38-32-20-8-11-23-35(32)47(29-17-5-2-14-26-44)42(38)39-33-21-9-12-24-36(33)48(41(37)39)30-18-6-3-15-27-45/h7-12,19-24H,1-6,13-18,25-30H2. The third-order valence-electron chi connectivity index (χ3n) is 10.4. The second-order valence-electron chi connectivity index (χ2n) is 13.5. The maximum Gasteiger partial charge on any atom is 0.0614 e. The van der Waals surface area contributed by atoms with Crippen molar-refractivity contribution in [2.75, 3.05) is 13.3 Å². The first-order valence-electron chi connectivity index (χ1n) is 18.3. The molecule has 0 amide bonds. The quantitative estimate of drug-likeness (QED) is 0.0462. The molecule has 0 radical (unpaired) electrons. The van der Waals surface area contributed by atoms with Gasteiger partial charge < -0.3 is 13.7 Å². The number of fused-ring (bicyclic) bond motifs is 12. The minimum Gasteiger partial charge on any atom is -0.340 e. The van der Waals surface area contributed by atoms with E-state index in [9.17, 15) is 0 Å². The van der Waals surface area contributed by atoms with Gasteiger partial charge in [0.1, 0.15) is 0 Å². The molecule has 0 N–H and O–H groups in total. The first-order chi connectivity index (χ1) is 23.8. The molecule has 0 saturated carbocycles. The molecule has 0 fully saturated rings. The Bertz CT molecular complexity index is 1880. The molecule has 0 unspecified atom stereocenters. The van der Waals surface area contributed by atoms with E-state index in [4.69, 9.17) is 0 Å². The van der Waals surface area contributed by atoms with Crippen molar-refractivity contribution in [2.45, 2.75) is 96.7 Å². The zero-order valence-corrected chi connectivity index (χ0v) is 34.6. The highest BCUT2D eigenvalue weighted by Crippen LogP contribution is 2.48. The van der Waals surface area contributed by atoms with E-state index in [1.165, 1.54) is 156 Å². The number of hydrogen-bond donors (Lipinski definition) is 0. The third-order valence-corrected chi connectivity index (χ3v) is 12.7. The third kappa shape index (κ3) is 6.64. The summed E-state index contributed by atoms with van der Waals surface area (Å²) in [5.41, 5.74) is 8.56. The van der Waals surface area contributed by atoms with Crippen LogP contribution in [0, 0.1) is 0 Å². The lowest BCUT2D eigenvalue weighted by molar-refractivity contribution is 0.604. The molecular formula is C42H48I3N3. The number of aromatic nitrogens is 3. The van der Waals surface area contributed by atoms with Crippen LogP contribution in [0.2, 0.25) is 0 Å². The van der Waals surface area contributed by atoms with Crippen molar-refractivity contribution in [2.24, 2.45) is 0 Å². The largest absolute Gasteiger partial charge is 0.340 e. The fourth-order valence-corrected chi connectivity index (χ4v) is 9.88.